The van der Waals surface area contributed by atoms with Crippen molar-refractivity contribution >= 4 is 28.8 Å². The fourth-order valence-electron chi connectivity index (χ4n) is 3.59. The number of anilines is 1. The first kappa shape index (κ1) is 22.4. The molecule has 0 aliphatic heterocycles. The molecule has 0 fully saturated rings. The topological polar surface area (TPSA) is 75.4 Å². The number of carbonyl (C=O) groups is 2. The molecule has 0 bridgehead atoms. The molecular weight excluding hydrogens is 441 g/mol. The number of aromatic nitrogens is 1. The lowest BCUT2D eigenvalue weighted by Crippen LogP contribution is -2.44. The first-order valence-corrected chi connectivity index (χ1v) is 11.1. The maximum Gasteiger partial charge on any atom is 0.271 e. The van der Waals surface area contributed by atoms with Crippen LogP contribution in [0.4, 0.5) is 10.1 Å². The summed E-state index contributed by atoms with van der Waals surface area (Å²) in [6.45, 7) is 3.71. The number of nitrogens with zero attached hydrogens (tertiary/aromatic N) is 2. The Balaban J connectivity index is 1.81. The highest BCUT2D eigenvalue weighted by Gasteiger charge is 2.35. The van der Waals surface area contributed by atoms with E-state index >= 15 is 0 Å². The summed E-state index contributed by atoms with van der Waals surface area (Å²) in [4.78, 5) is 33.4. The van der Waals surface area contributed by atoms with Crippen LogP contribution in [0, 0.1) is 19.7 Å². The number of amides is 2. The minimum absolute atomic E-state index is 0.152. The van der Waals surface area contributed by atoms with Crippen molar-refractivity contribution in [1.82, 2.24) is 10.3 Å². The summed E-state index contributed by atoms with van der Waals surface area (Å²) >= 11 is 1.24. The van der Waals surface area contributed by atoms with Crippen LogP contribution in [-0.4, -0.2) is 16.8 Å². The molecule has 4 rings (SSSR count). The molecular formula is C25H22FN3O3S. The predicted octanol–water partition coefficient (Wildman–Crippen LogP) is 5.20. The monoisotopic (exact) mass is 463 g/mol. The molecule has 33 heavy (non-hydrogen) atoms. The molecule has 1 atom stereocenters. The minimum atomic E-state index is -1.04. The summed E-state index contributed by atoms with van der Waals surface area (Å²) in [5, 5.41) is 3.57. The minimum Gasteiger partial charge on any atom is -0.467 e. The summed E-state index contributed by atoms with van der Waals surface area (Å²) in [6, 6.07) is 17.0. The van der Waals surface area contributed by atoms with Crippen LogP contribution >= 0.6 is 11.3 Å². The highest BCUT2D eigenvalue weighted by molar-refractivity contribution is 7.13. The van der Waals surface area contributed by atoms with Crippen molar-refractivity contribution < 1.29 is 18.4 Å². The van der Waals surface area contributed by atoms with Crippen molar-refractivity contribution in [3.8, 4) is 0 Å². The molecule has 0 spiro atoms. The second kappa shape index (κ2) is 9.79. The lowest BCUT2D eigenvalue weighted by atomic mass is 10.0. The number of thiazole rings is 1. The van der Waals surface area contributed by atoms with Gasteiger partial charge in [0.25, 0.3) is 5.91 Å². The Bertz CT molecular complexity index is 1260. The number of halogens is 1. The third-order valence-electron chi connectivity index (χ3n) is 5.04. The third-order valence-corrected chi connectivity index (χ3v) is 6.10. The second-order valence-electron chi connectivity index (χ2n) is 7.41. The molecule has 4 aromatic rings. The fraction of sp³-hybridized carbons (Fsp3) is 0.160. The van der Waals surface area contributed by atoms with Gasteiger partial charge in [0.05, 0.1) is 23.5 Å². The molecule has 8 heteroatoms. The lowest BCUT2D eigenvalue weighted by Gasteiger charge is -2.31. The zero-order valence-electron chi connectivity index (χ0n) is 18.1. The molecule has 0 aliphatic rings. The molecule has 0 saturated carbocycles. The Kier molecular flexibility index (Phi) is 6.65. The van der Waals surface area contributed by atoms with Crippen molar-refractivity contribution in [2.45, 2.75) is 26.4 Å². The molecule has 2 aromatic carbocycles. The van der Waals surface area contributed by atoms with Gasteiger partial charge in [0.2, 0.25) is 5.91 Å². The lowest BCUT2D eigenvalue weighted by molar-refractivity contribution is -0.122. The molecule has 2 amide bonds. The van der Waals surface area contributed by atoms with Gasteiger partial charge >= 0.3 is 0 Å². The number of carbonyl (C=O) groups excluding carboxylic acids is 2. The fourth-order valence-corrected chi connectivity index (χ4v) is 4.44. The second-order valence-corrected chi connectivity index (χ2v) is 8.62. The molecule has 0 aliphatic carbocycles. The highest BCUT2D eigenvalue weighted by Crippen LogP contribution is 2.32. The Morgan fingerprint density at radius 1 is 1.09 bits per heavy atom. The van der Waals surface area contributed by atoms with Gasteiger partial charge in [0, 0.05) is 5.69 Å². The van der Waals surface area contributed by atoms with Gasteiger partial charge in [0.1, 0.15) is 22.5 Å². The standard InChI is InChI=1S/C25H22FN3O3S/c1-16-23(33-17(2)28-16)25(31)29(20-11-6-10-19(26)14-20)22(18-8-4-3-5-9-18)24(30)27-15-21-12-7-13-32-21/h3-14,22H,15H2,1-2H3,(H,27,30). The van der Waals surface area contributed by atoms with Crippen LogP contribution in [0.2, 0.25) is 0 Å². The zero-order valence-corrected chi connectivity index (χ0v) is 18.9. The van der Waals surface area contributed by atoms with E-state index in [4.69, 9.17) is 4.42 Å². The first-order valence-electron chi connectivity index (χ1n) is 10.3. The maximum atomic E-state index is 14.2. The number of rotatable bonds is 7. The molecule has 168 valence electrons. The summed E-state index contributed by atoms with van der Waals surface area (Å²) in [5.74, 6) is -0.780. The average Bonchev–Trinajstić information content (AvgIpc) is 3.45. The summed E-state index contributed by atoms with van der Waals surface area (Å²) in [6.07, 6.45) is 1.52. The first-order chi connectivity index (χ1) is 15.9. The van der Waals surface area contributed by atoms with E-state index in [0.717, 1.165) is 5.01 Å². The van der Waals surface area contributed by atoms with Gasteiger partial charge in [-0.3, -0.25) is 14.5 Å². The zero-order chi connectivity index (χ0) is 23.4. The van der Waals surface area contributed by atoms with E-state index in [1.54, 1.807) is 49.4 Å². The average molecular weight is 464 g/mol. The summed E-state index contributed by atoms with van der Waals surface area (Å²) in [7, 11) is 0. The molecule has 0 radical (unpaired) electrons. The van der Waals surface area contributed by atoms with Gasteiger partial charge in [-0.15, -0.1) is 11.3 Å². The van der Waals surface area contributed by atoms with Crippen LogP contribution in [0.25, 0.3) is 0 Å². The van der Waals surface area contributed by atoms with Crippen LogP contribution in [0.15, 0.2) is 77.4 Å². The van der Waals surface area contributed by atoms with Crippen LogP contribution in [0.1, 0.15) is 37.7 Å². The van der Waals surface area contributed by atoms with E-state index in [9.17, 15) is 14.0 Å². The van der Waals surface area contributed by atoms with Gasteiger partial charge in [0.15, 0.2) is 0 Å². The Morgan fingerprint density at radius 2 is 1.88 bits per heavy atom. The van der Waals surface area contributed by atoms with Crippen molar-refractivity contribution in [3.63, 3.8) is 0 Å². The van der Waals surface area contributed by atoms with Gasteiger partial charge in [-0.05, 0) is 49.7 Å². The molecule has 6 nitrogen and oxygen atoms in total. The highest BCUT2D eigenvalue weighted by atomic mass is 32.1. The Labute approximate surface area is 194 Å². The molecule has 1 unspecified atom stereocenters. The number of hydrogen-bond acceptors (Lipinski definition) is 5. The molecule has 2 heterocycles. The van der Waals surface area contributed by atoms with Crippen molar-refractivity contribution in [2.24, 2.45) is 0 Å². The Hall–Kier alpha value is -3.78. The number of nitrogens with one attached hydrogen (secondary N) is 1. The van der Waals surface area contributed by atoms with Crippen LogP contribution in [-0.2, 0) is 11.3 Å². The molecule has 1 N–H and O–H groups in total. The number of benzene rings is 2. The van der Waals surface area contributed by atoms with Gasteiger partial charge in [-0.1, -0.05) is 36.4 Å². The van der Waals surface area contributed by atoms with Crippen molar-refractivity contribution in [1.29, 1.82) is 0 Å². The Morgan fingerprint density at radius 3 is 2.52 bits per heavy atom. The van der Waals surface area contributed by atoms with Crippen LogP contribution in [0.5, 0.6) is 0 Å². The number of hydrogen-bond donors (Lipinski definition) is 1. The number of aryl methyl sites for hydroxylation is 2. The maximum absolute atomic E-state index is 14.2. The van der Waals surface area contributed by atoms with Crippen LogP contribution in [0.3, 0.4) is 0 Å². The molecule has 2 aromatic heterocycles. The van der Waals surface area contributed by atoms with E-state index in [1.165, 1.54) is 40.7 Å². The number of furan rings is 1. The van der Waals surface area contributed by atoms with Crippen molar-refractivity contribution in [3.05, 3.63) is 106 Å². The summed E-state index contributed by atoms with van der Waals surface area (Å²) in [5.41, 5.74) is 1.42. The summed E-state index contributed by atoms with van der Waals surface area (Å²) < 4.78 is 19.5. The van der Waals surface area contributed by atoms with Crippen molar-refractivity contribution in [2.75, 3.05) is 4.90 Å². The van der Waals surface area contributed by atoms with Gasteiger partial charge < -0.3 is 9.73 Å². The molecule has 0 saturated heterocycles. The van der Waals surface area contributed by atoms with E-state index in [0.29, 0.717) is 21.9 Å². The normalized spacial score (nSPS) is 11.7. The van der Waals surface area contributed by atoms with E-state index in [1.807, 2.05) is 13.0 Å². The SMILES string of the molecule is Cc1nc(C)c(C(=O)N(c2cccc(F)c2)C(C(=O)NCc2ccco2)c2ccccc2)s1. The van der Waals surface area contributed by atoms with E-state index < -0.39 is 23.7 Å². The van der Waals surface area contributed by atoms with Gasteiger partial charge in [-0.25, -0.2) is 9.37 Å². The van der Waals surface area contributed by atoms with E-state index in [2.05, 4.69) is 10.3 Å². The van der Waals surface area contributed by atoms with E-state index in [-0.39, 0.29) is 12.2 Å². The van der Waals surface area contributed by atoms with Crippen LogP contribution < -0.4 is 10.2 Å². The largest absolute Gasteiger partial charge is 0.467 e. The van der Waals surface area contributed by atoms with Gasteiger partial charge in [-0.2, -0.15) is 0 Å². The smallest absolute Gasteiger partial charge is 0.271 e. The third kappa shape index (κ3) is 5.01. The predicted molar refractivity (Wildman–Crippen MR) is 125 cm³/mol. The quantitative estimate of drug-likeness (QED) is 0.409.